The van der Waals surface area contributed by atoms with Crippen molar-refractivity contribution in [3.05, 3.63) is 46.8 Å². The Hall–Kier alpha value is -1.61. The molecular weight excluding hydrogens is 208 g/mol. The third-order valence-electron chi connectivity index (χ3n) is 2.12. The summed E-state index contributed by atoms with van der Waals surface area (Å²) in [6, 6.07) is 11.5. The first kappa shape index (κ1) is 9.93. The van der Waals surface area contributed by atoms with Gasteiger partial charge < -0.3 is 5.11 Å². The van der Waals surface area contributed by atoms with Gasteiger partial charge in [0.1, 0.15) is 4.88 Å². The Morgan fingerprint density at radius 3 is 2.67 bits per heavy atom. The molecule has 15 heavy (non-hydrogen) atoms. The molecule has 0 aliphatic heterocycles. The minimum Gasteiger partial charge on any atom is -0.477 e. The van der Waals surface area contributed by atoms with Gasteiger partial charge in [-0.05, 0) is 24.6 Å². The maximum atomic E-state index is 10.7. The fourth-order valence-corrected chi connectivity index (χ4v) is 2.25. The number of carboxylic acid groups (broad SMARTS) is 1. The van der Waals surface area contributed by atoms with Crippen LogP contribution in [0.15, 0.2) is 36.4 Å². The Kier molecular flexibility index (Phi) is 2.56. The molecule has 1 heterocycles. The zero-order valence-electron chi connectivity index (χ0n) is 8.23. The quantitative estimate of drug-likeness (QED) is 0.838. The van der Waals surface area contributed by atoms with Crippen LogP contribution in [0.25, 0.3) is 10.4 Å². The Bertz CT molecular complexity index is 500. The molecule has 0 saturated carbocycles. The number of aromatic carboxylic acids is 1. The molecule has 0 fully saturated rings. The van der Waals surface area contributed by atoms with Crippen LogP contribution in [0.5, 0.6) is 0 Å². The molecule has 3 heteroatoms. The molecule has 0 aliphatic carbocycles. The maximum absolute atomic E-state index is 10.7. The van der Waals surface area contributed by atoms with Crippen molar-refractivity contribution in [1.82, 2.24) is 0 Å². The van der Waals surface area contributed by atoms with Gasteiger partial charge in [0.25, 0.3) is 0 Å². The molecule has 0 aliphatic rings. The van der Waals surface area contributed by atoms with E-state index >= 15 is 0 Å². The molecule has 0 atom stereocenters. The lowest BCUT2D eigenvalue weighted by atomic mass is 10.1. The fraction of sp³-hybridized carbons (Fsp3) is 0.0833. The number of rotatable bonds is 2. The number of thiophene rings is 1. The Morgan fingerprint density at radius 1 is 1.27 bits per heavy atom. The monoisotopic (exact) mass is 218 g/mol. The summed E-state index contributed by atoms with van der Waals surface area (Å²) < 4.78 is 0. The lowest BCUT2D eigenvalue weighted by molar-refractivity contribution is 0.0702. The molecule has 1 aromatic carbocycles. The Balaban J connectivity index is 2.41. The van der Waals surface area contributed by atoms with Crippen LogP contribution in [0.1, 0.15) is 15.2 Å². The molecule has 0 unspecified atom stereocenters. The van der Waals surface area contributed by atoms with E-state index in [9.17, 15) is 4.79 Å². The van der Waals surface area contributed by atoms with Gasteiger partial charge in [0.15, 0.2) is 0 Å². The van der Waals surface area contributed by atoms with E-state index in [0.29, 0.717) is 4.88 Å². The summed E-state index contributed by atoms with van der Waals surface area (Å²) in [5.74, 6) is -0.862. The van der Waals surface area contributed by atoms with E-state index in [1.807, 2.05) is 31.2 Å². The number of carboxylic acids is 1. The summed E-state index contributed by atoms with van der Waals surface area (Å²) in [5, 5.41) is 8.81. The lowest BCUT2D eigenvalue weighted by Crippen LogP contribution is -1.89. The number of carbonyl (C=O) groups is 1. The molecule has 2 nitrogen and oxygen atoms in total. The molecular formula is C12H10O2S. The topological polar surface area (TPSA) is 37.3 Å². The van der Waals surface area contributed by atoms with Crippen LogP contribution in [-0.4, -0.2) is 11.1 Å². The average molecular weight is 218 g/mol. The van der Waals surface area contributed by atoms with E-state index in [-0.39, 0.29) is 0 Å². The van der Waals surface area contributed by atoms with Crippen LogP contribution in [-0.2, 0) is 0 Å². The second-order valence-corrected chi connectivity index (χ2v) is 4.42. The summed E-state index contributed by atoms with van der Waals surface area (Å²) in [5.41, 5.74) is 2.25. The normalized spacial score (nSPS) is 10.2. The van der Waals surface area contributed by atoms with E-state index in [0.717, 1.165) is 10.4 Å². The molecule has 0 saturated heterocycles. The first-order valence-electron chi connectivity index (χ1n) is 4.57. The highest BCUT2D eigenvalue weighted by atomic mass is 32.1. The molecule has 0 amide bonds. The molecule has 0 spiro atoms. The average Bonchev–Trinajstić information content (AvgIpc) is 2.66. The van der Waals surface area contributed by atoms with Crippen molar-refractivity contribution in [3.63, 3.8) is 0 Å². The summed E-state index contributed by atoms with van der Waals surface area (Å²) >= 11 is 1.30. The third kappa shape index (κ3) is 2.07. The Labute approximate surface area is 91.8 Å². The van der Waals surface area contributed by atoms with E-state index in [1.54, 1.807) is 6.07 Å². The highest BCUT2D eigenvalue weighted by Crippen LogP contribution is 2.28. The molecule has 2 rings (SSSR count). The van der Waals surface area contributed by atoms with Crippen LogP contribution in [0, 0.1) is 6.92 Å². The van der Waals surface area contributed by atoms with E-state index < -0.39 is 5.97 Å². The van der Waals surface area contributed by atoms with Gasteiger partial charge in [-0.25, -0.2) is 4.79 Å². The predicted octanol–water partition coefficient (Wildman–Crippen LogP) is 3.42. The van der Waals surface area contributed by atoms with Crippen molar-refractivity contribution in [2.45, 2.75) is 6.92 Å². The number of hydrogen-bond donors (Lipinski definition) is 1. The van der Waals surface area contributed by atoms with Gasteiger partial charge in [-0.2, -0.15) is 0 Å². The number of benzene rings is 1. The SMILES string of the molecule is Cc1cccc(-c2ccc(C(=O)O)s2)c1. The van der Waals surface area contributed by atoms with Gasteiger partial charge >= 0.3 is 5.97 Å². The van der Waals surface area contributed by atoms with Crippen LogP contribution in [0.3, 0.4) is 0 Å². The predicted molar refractivity (Wildman–Crippen MR) is 61.5 cm³/mol. The summed E-state index contributed by atoms with van der Waals surface area (Å²) in [6.45, 7) is 2.02. The second kappa shape index (κ2) is 3.87. The van der Waals surface area contributed by atoms with Crippen LogP contribution >= 0.6 is 11.3 Å². The van der Waals surface area contributed by atoms with Crippen molar-refractivity contribution in [3.8, 4) is 10.4 Å². The molecule has 1 aromatic heterocycles. The van der Waals surface area contributed by atoms with E-state index in [4.69, 9.17) is 5.11 Å². The van der Waals surface area contributed by atoms with E-state index in [2.05, 4.69) is 6.07 Å². The summed E-state index contributed by atoms with van der Waals surface area (Å²) in [6.07, 6.45) is 0. The van der Waals surface area contributed by atoms with Gasteiger partial charge in [0.05, 0.1) is 0 Å². The van der Waals surface area contributed by atoms with Crippen molar-refractivity contribution >= 4 is 17.3 Å². The minimum absolute atomic E-state index is 0.381. The smallest absolute Gasteiger partial charge is 0.345 e. The number of aryl methyl sites for hydroxylation is 1. The second-order valence-electron chi connectivity index (χ2n) is 3.34. The third-order valence-corrected chi connectivity index (χ3v) is 3.24. The largest absolute Gasteiger partial charge is 0.477 e. The van der Waals surface area contributed by atoms with Gasteiger partial charge in [-0.1, -0.05) is 29.8 Å². The first-order chi connectivity index (χ1) is 7.16. The molecule has 1 N–H and O–H groups in total. The van der Waals surface area contributed by atoms with Gasteiger partial charge in [-0.3, -0.25) is 0 Å². The highest BCUT2D eigenvalue weighted by molar-refractivity contribution is 7.17. The highest BCUT2D eigenvalue weighted by Gasteiger charge is 2.07. The molecule has 0 bridgehead atoms. The standard InChI is InChI=1S/C12H10O2S/c1-8-3-2-4-9(7-8)10-5-6-11(15-10)12(13)14/h2-7H,1H3,(H,13,14). The van der Waals surface area contributed by atoms with Crippen molar-refractivity contribution in [1.29, 1.82) is 0 Å². The summed E-state index contributed by atoms with van der Waals surface area (Å²) in [4.78, 5) is 12.1. The zero-order valence-corrected chi connectivity index (χ0v) is 9.04. The molecule has 76 valence electrons. The van der Waals surface area contributed by atoms with Crippen molar-refractivity contribution in [2.24, 2.45) is 0 Å². The number of hydrogen-bond acceptors (Lipinski definition) is 2. The Morgan fingerprint density at radius 2 is 2.07 bits per heavy atom. The summed E-state index contributed by atoms with van der Waals surface area (Å²) in [7, 11) is 0. The van der Waals surface area contributed by atoms with Crippen molar-refractivity contribution < 1.29 is 9.90 Å². The van der Waals surface area contributed by atoms with Crippen molar-refractivity contribution in [2.75, 3.05) is 0 Å². The van der Waals surface area contributed by atoms with E-state index in [1.165, 1.54) is 16.9 Å². The minimum atomic E-state index is -0.862. The van der Waals surface area contributed by atoms with Crippen LogP contribution in [0.2, 0.25) is 0 Å². The van der Waals surface area contributed by atoms with Gasteiger partial charge in [0.2, 0.25) is 0 Å². The van der Waals surface area contributed by atoms with Crippen LogP contribution in [0.4, 0.5) is 0 Å². The first-order valence-corrected chi connectivity index (χ1v) is 5.38. The maximum Gasteiger partial charge on any atom is 0.345 e. The fourth-order valence-electron chi connectivity index (χ4n) is 1.41. The molecule has 2 aromatic rings. The van der Waals surface area contributed by atoms with Gasteiger partial charge in [-0.15, -0.1) is 11.3 Å². The zero-order chi connectivity index (χ0) is 10.8. The molecule has 0 radical (unpaired) electrons. The van der Waals surface area contributed by atoms with Crippen LogP contribution < -0.4 is 0 Å². The van der Waals surface area contributed by atoms with Gasteiger partial charge in [0, 0.05) is 4.88 Å². The lowest BCUT2D eigenvalue weighted by Gasteiger charge is -1.97.